The molecule has 2 amide bonds. The molecule has 1 aliphatic heterocycles. The number of aromatic nitrogens is 1. The van der Waals surface area contributed by atoms with Crippen molar-refractivity contribution < 1.29 is 9.59 Å². The minimum absolute atomic E-state index is 0.121. The molecule has 0 bridgehead atoms. The van der Waals surface area contributed by atoms with Crippen LogP contribution in [0, 0.1) is 0 Å². The van der Waals surface area contributed by atoms with Crippen molar-refractivity contribution in [3.05, 3.63) is 63.1 Å². The molecule has 0 atom stereocenters. The van der Waals surface area contributed by atoms with E-state index in [-0.39, 0.29) is 11.8 Å². The normalized spacial score (nSPS) is 16.6. The number of allylic oxidation sites excluding steroid dienone is 1. The van der Waals surface area contributed by atoms with Crippen LogP contribution in [0.1, 0.15) is 58.0 Å². The molecule has 2 heterocycles. The Bertz CT molecular complexity index is 879. The second-order valence-corrected chi connectivity index (χ2v) is 8.81. The fourth-order valence-corrected chi connectivity index (χ4v) is 4.95. The molecule has 0 spiro atoms. The zero-order valence-electron chi connectivity index (χ0n) is 16.7. The largest absolute Gasteiger partial charge is 0.346 e. The number of benzene rings is 1. The highest BCUT2D eigenvalue weighted by atomic mass is 32.1. The van der Waals surface area contributed by atoms with Crippen molar-refractivity contribution in [1.82, 2.24) is 15.2 Å². The van der Waals surface area contributed by atoms with Crippen molar-refractivity contribution >= 4 is 23.2 Å². The second kappa shape index (κ2) is 9.35. The molecule has 1 aromatic heterocycles. The van der Waals surface area contributed by atoms with E-state index in [0.717, 1.165) is 41.8 Å². The van der Waals surface area contributed by atoms with Crippen LogP contribution in [0.4, 0.5) is 0 Å². The number of carbonyl (C=O) groups excluding carboxylic acids is 2. The van der Waals surface area contributed by atoms with Crippen molar-refractivity contribution in [3.8, 4) is 0 Å². The highest BCUT2D eigenvalue weighted by Gasteiger charge is 2.24. The molecule has 0 unspecified atom stereocenters. The number of rotatable bonds is 5. The van der Waals surface area contributed by atoms with Crippen molar-refractivity contribution in [3.63, 3.8) is 0 Å². The van der Waals surface area contributed by atoms with Crippen molar-refractivity contribution in [1.29, 1.82) is 0 Å². The summed E-state index contributed by atoms with van der Waals surface area (Å²) < 4.78 is 0. The highest BCUT2D eigenvalue weighted by molar-refractivity contribution is 7.13. The molecular weight excluding hydrogens is 382 g/mol. The van der Waals surface area contributed by atoms with E-state index < -0.39 is 0 Å². The first-order valence-corrected chi connectivity index (χ1v) is 11.3. The molecular formula is C23H27N3O2S. The minimum atomic E-state index is -0.121. The van der Waals surface area contributed by atoms with Gasteiger partial charge in [-0.15, -0.1) is 11.3 Å². The second-order valence-electron chi connectivity index (χ2n) is 7.72. The number of hydrogen-bond acceptors (Lipinski definition) is 4. The van der Waals surface area contributed by atoms with Gasteiger partial charge in [0.25, 0.3) is 5.91 Å². The summed E-state index contributed by atoms with van der Waals surface area (Å²) in [7, 11) is 0. The third-order valence-electron chi connectivity index (χ3n) is 5.61. The van der Waals surface area contributed by atoms with Gasteiger partial charge in [0, 0.05) is 43.8 Å². The summed E-state index contributed by atoms with van der Waals surface area (Å²) in [6.07, 6.45) is 8.94. The molecule has 1 aliphatic carbocycles. The SMILES string of the molecule is O=C(NCc1ccccc1)c1nc2c(s1)CCN(C(=O)CC1=CCCCC1)CC2. The topological polar surface area (TPSA) is 62.3 Å². The van der Waals surface area contributed by atoms with Crippen LogP contribution in [0.25, 0.3) is 0 Å². The maximum atomic E-state index is 12.7. The number of fused-ring (bicyclic) bond motifs is 1. The Kier molecular flexibility index (Phi) is 6.39. The Morgan fingerprint density at radius 1 is 1.07 bits per heavy atom. The van der Waals surface area contributed by atoms with Crippen LogP contribution in [-0.2, 0) is 24.2 Å². The van der Waals surface area contributed by atoms with E-state index >= 15 is 0 Å². The van der Waals surface area contributed by atoms with E-state index in [4.69, 9.17) is 0 Å². The minimum Gasteiger partial charge on any atom is -0.346 e. The zero-order valence-corrected chi connectivity index (χ0v) is 17.5. The average Bonchev–Trinajstić information content (AvgIpc) is 3.06. The van der Waals surface area contributed by atoms with E-state index in [1.54, 1.807) is 0 Å². The Morgan fingerprint density at radius 3 is 2.69 bits per heavy atom. The van der Waals surface area contributed by atoms with Gasteiger partial charge in [-0.25, -0.2) is 4.98 Å². The smallest absolute Gasteiger partial charge is 0.280 e. The molecule has 0 saturated carbocycles. The molecule has 0 fully saturated rings. The number of carbonyl (C=O) groups is 2. The maximum absolute atomic E-state index is 12.7. The lowest BCUT2D eigenvalue weighted by Crippen LogP contribution is -2.33. The van der Waals surface area contributed by atoms with E-state index in [9.17, 15) is 9.59 Å². The van der Waals surface area contributed by atoms with Crippen molar-refractivity contribution in [2.24, 2.45) is 0 Å². The third-order valence-corrected chi connectivity index (χ3v) is 6.77. The van der Waals surface area contributed by atoms with Crippen LogP contribution in [0.5, 0.6) is 0 Å². The van der Waals surface area contributed by atoms with E-state index in [0.29, 0.717) is 31.1 Å². The van der Waals surface area contributed by atoms with Crippen molar-refractivity contribution in [2.75, 3.05) is 13.1 Å². The van der Waals surface area contributed by atoms with Crippen LogP contribution in [0.3, 0.4) is 0 Å². The van der Waals surface area contributed by atoms with Gasteiger partial charge in [0.15, 0.2) is 5.01 Å². The quantitative estimate of drug-likeness (QED) is 0.762. The molecule has 152 valence electrons. The van der Waals surface area contributed by atoms with Gasteiger partial charge >= 0.3 is 0 Å². The number of thiazole rings is 1. The lowest BCUT2D eigenvalue weighted by Gasteiger charge is -2.22. The lowest BCUT2D eigenvalue weighted by atomic mass is 9.97. The Morgan fingerprint density at radius 2 is 1.90 bits per heavy atom. The van der Waals surface area contributed by atoms with Crippen LogP contribution in [-0.4, -0.2) is 34.8 Å². The van der Waals surface area contributed by atoms with Gasteiger partial charge in [-0.05, 0) is 31.2 Å². The van der Waals surface area contributed by atoms with Gasteiger partial charge in [-0.1, -0.05) is 42.0 Å². The predicted octanol–water partition coefficient (Wildman–Crippen LogP) is 3.89. The van der Waals surface area contributed by atoms with Gasteiger partial charge < -0.3 is 10.2 Å². The van der Waals surface area contributed by atoms with E-state index in [2.05, 4.69) is 16.4 Å². The first kappa shape index (κ1) is 19.8. The molecule has 0 saturated heterocycles. The molecule has 1 aromatic carbocycles. The number of nitrogens with one attached hydrogen (secondary N) is 1. The van der Waals surface area contributed by atoms with Gasteiger partial charge in [0.05, 0.1) is 5.69 Å². The summed E-state index contributed by atoms with van der Waals surface area (Å²) in [5, 5.41) is 3.48. The Labute approximate surface area is 175 Å². The van der Waals surface area contributed by atoms with Crippen LogP contribution in [0.2, 0.25) is 0 Å². The van der Waals surface area contributed by atoms with Crippen molar-refractivity contribution in [2.45, 2.75) is 51.5 Å². The fourth-order valence-electron chi connectivity index (χ4n) is 3.93. The monoisotopic (exact) mass is 409 g/mol. The summed E-state index contributed by atoms with van der Waals surface area (Å²) in [4.78, 5) is 32.9. The van der Waals surface area contributed by atoms with Crippen LogP contribution < -0.4 is 5.32 Å². The van der Waals surface area contributed by atoms with Crippen LogP contribution in [0.15, 0.2) is 42.0 Å². The summed E-state index contributed by atoms with van der Waals surface area (Å²) in [5.41, 5.74) is 3.35. The Hall–Kier alpha value is -2.47. The first-order chi connectivity index (χ1) is 14.2. The summed E-state index contributed by atoms with van der Waals surface area (Å²) in [5.74, 6) is 0.109. The molecule has 2 aromatic rings. The van der Waals surface area contributed by atoms with E-state index in [1.807, 2.05) is 35.2 Å². The third kappa shape index (κ3) is 5.12. The molecule has 5 nitrogen and oxygen atoms in total. The summed E-state index contributed by atoms with van der Waals surface area (Å²) in [6, 6.07) is 9.87. The molecule has 29 heavy (non-hydrogen) atoms. The van der Waals surface area contributed by atoms with Gasteiger partial charge in [-0.3, -0.25) is 9.59 Å². The number of nitrogens with zero attached hydrogens (tertiary/aromatic N) is 2. The highest BCUT2D eigenvalue weighted by Crippen LogP contribution is 2.25. The maximum Gasteiger partial charge on any atom is 0.280 e. The lowest BCUT2D eigenvalue weighted by molar-refractivity contribution is -0.130. The molecule has 2 aliphatic rings. The average molecular weight is 410 g/mol. The molecule has 4 rings (SSSR count). The zero-order chi connectivity index (χ0) is 20.1. The predicted molar refractivity (Wildman–Crippen MR) is 115 cm³/mol. The van der Waals surface area contributed by atoms with Gasteiger partial charge in [0.2, 0.25) is 5.91 Å². The number of amides is 2. The summed E-state index contributed by atoms with van der Waals surface area (Å²) in [6.45, 7) is 1.91. The summed E-state index contributed by atoms with van der Waals surface area (Å²) >= 11 is 1.47. The van der Waals surface area contributed by atoms with Crippen LogP contribution >= 0.6 is 11.3 Å². The van der Waals surface area contributed by atoms with Gasteiger partial charge in [0.1, 0.15) is 0 Å². The Balaban J connectivity index is 1.32. The molecule has 1 N–H and O–H groups in total. The molecule has 0 radical (unpaired) electrons. The van der Waals surface area contributed by atoms with Gasteiger partial charge in [-0.2, -0.15) is 0 Å². The number of hydrogen-bond donors (Lipinski definition) is 1. The standard InChI is InChI=1S/C23H27N3O2S/c27-21(15-17-7-3-1-4-8-17)26-13-11-19-20(12-14-26)29-23(25-19)22(28)24-16-18-9-5-2-6-10-18/h2,5-7,9-10H,1,3-4,8,11-16H2,(H,24,28). The fraction of sp³-hybridized carbons (Fsp3) is 0.435. The van der Waals surface area contributed by atoms with E-state index in [1.165, 1.54) is 29.8 Å². The first-order valence-electron chi connectivity index (χ1n) is 10.5. The molecule has 6 heteroatoms.